The van der Waals surface area contributed by atoms with Gasteiger partial charge < -0.3 is 10.2 Å². The zero-order chi connectivity index (χ0) is 21.7. The molecular weight excluding hydrogens is 459 g/mol. The SMILES string of the molecule is CN(C)c1ccc(CNCc2ccc3ccc4cccc5ccc2c3c45)c2ccccc12.Cl.Cl. The maximum atomic E-state index is 3.72. The second kappa shape index (κ2) is 9.68. The molecule has 0 aliphatic heterocycles. The topological polar surface area (TPSA) is 15.3 Å². The van der Waals surface area contributed by atoms with Gasteiger partial charge in [-0.1, -0.05) is 84.9 Å². The van der Waals surface area contributed by atoms with Gasteiger partial charge in [0.2, 0.25) is 0 Å². The van der Waals surface area contributed by atoms with Crippen LogP contribution in [0.2, 0.25) is 0 Å². The number of hydrogen-bond acceptors (Lipinski definition) is 2. The predicted octanol–water partition coefficient (Wildman–Crippen LogP) is 7.94. The summed E-state index contributed by atoms with van der Waals surface area (Å²) in [6.07, 6.45) is 0. The molecule has 0 amide bonds. The maximum Gasteiger partial charge on any atom is 0.0440 e. The van der Waals surface area contributed by atoms with E-state index in [0.717, 1.165) is 13.1 Å². The molecule has 0 aliphatic rings. The summed E-state index contributed by atoms with van der Waals surface area (Å²) in [4.78, 5) is 2.18. The van der Waals surface area contributed by atoms with Crippen molar-refractivity contribution in [2.24, 2.45) is 0 Å². The molecule has 4 heteroatoms. The van der Waals surface area contributed by atoms with Crippen LogP contribution in [0.15, 0.2) is 91.0 Å². The van der Waals surface area contributed by atoms with Gasteiger partial charge in [0, 0.05) is 38.3 Å². The van der Waals surface area contributed by atoms with Crippen LogP contribution < -0.4 is 10.2 Å². The molecule has 6 rings (SSSR count). The molecule has 6 aromatic carbocycles. The van der Waals surface area contributed by atoms with Crippen LogP contribution in [0.4, 0.5) is 5.69 Å². The summed E-state index contributed by atoms with van der Waals surface area (Å²) in [5.74, 6) is 0. The Hall–Kier alpha value is -3.04. The Bertz CT molecular complexity index is 1570. The average Bonchev–Trinajstić information content (AvgIpc) is 2.83. The Balaban J connectivity index is 0.00000137. The van der Waals surface area contributed by atoms with E-state index in [0.29, 0.717) is 0 Å². The minimum Gasteiger partial charge on any atom is -0.377 e. The van der Waals surface area contributed by atoms with Crippen molar-refractivity contribution in [3.8, 4) is 0 Å². The molecule has 0 aromatic heterocycles. The Morgan fingerprint density at radius 3 is 1.79 bits per heavy atom. The molecule has 0 saturated heterocycles. The van der Waals surface area contributed by atoms with Gasteiger partial charge in [-0.25, -0.2) is 0 Å². The molecule has 0 radical (unpaired) electrons. The molecule has 0 aliphatic carbocycles. The monoisotopic (exact) mass is 486 g/mol. The van der Waals surface area contributed by atoms with E-state index in [1.54, 1.807) is 0 Å². The summed E-state index contributed by atoms with van der Waals surface area (Å²) in [5, 5.41) is 14.4. The molecule has 34 heavy (non-hydrogen) atoms. The standard InChI is InChI=1S/C30H26N2.2ClH/c1-32(2)28-17-15-23(25-8-3-4-9-27(25)28)18-31-19-24-13-12-22-11-10-20-6-5-7-21-14-16-26(24)30(22)29(20)21;;/h3-17,31H,18-19H2,1-2H3;2*1H. The number of benzene rings is 6. The predicted molar refractivity (Wildman–Crippen MR) is 153 cm³/mol. The van der Waals surface area contributed by atoms with Crippen molar-refractivity contribution < 1.29 is 0 Å². The van der Waals surface area contributed by atoms with E-state index in [1.165, 1.54) is 59.9 Å². The highest BCUT2D eigenvalue weighted by Gasteiger charge is 2.11. The fourth-order valence-corrected chi connectivity index (χ4v) is 5.17. The summed E-state index contributed by atoms with van der Waals surface area (Å²) in [7, 11) is 4.21. The summed E-state index contributed by atoms with van der Waals surface area (Å²) < 4.78 is 0. The van der Waals surface area contributed by atoms with Crippen molar-refractivity contribution in [1.29, 1.82) is 0 Å². The fourth-order valence-electron chi connectivity index (χ4n) is 5.17. The first-order chi connectivity index (χ1) is 15.7. The molecule has 0 heterocycles. The molecular formula is C30H28Cl2N2. The van der Waals surface area contributed by atoms with Gasteiger partial charge in [-0.05, 0) is 54.9 Å². The Morgan fingerprint density at radius 1 is 0.529 bits per heavy atom. The van der Waals surface area contributed by atoms with Gasteiger partial charge in [-0.2, -0.15) is 0 Å². The Labute approximate surface area is 212 Å². The number of nitrogens with one attached hydrogen (secondary N) is 1. The van der Waals surface area contributed by atoms with Crippen LogP contribution in [0.5, 0.6) is 0 Å². The van der Waals surface area contributed by atoms with E-state index < -0.39 is 0 Å². The first kappa shape index (κ1) is 24.1. The number of fused-ring (bicyclic) bond motifs is 1. The van der Waals surface area contributed by atoms with Crippen molar-refractivity contribution in [2.75, 3.05) is 19.0 Å². The van der Waals surface area contributed by atoms with Gasteiger partial charge in [-0.3, -0.25) is 0 Å². The fraction of sp³-hybridized carbons (Fsp3) is 0.133. The first-order valence-electron chi connectivity index (χ1n) is 11.2. The van der Waals surface area contributed by atoms with Crippen LogP contribution >= 0.6 is 24.8 Å². The minimum atomic E-state index is 0. The van der Waals surface area contributed by atoms with Crippen molar-refractivity contribution in [1.82, 2.24) is 5.32 Å². The number of rotatable bonds is 5. The second-order valence-electron chi connectivity index (χ2n) is 8.87. The summed E-state index contributed by atoms with van der Waals surface area (Å²) in [5.41, 5.74) is 3.95. The van der Waals surface area contributed by atoms with Gasteiger partial charge in [0.1, 0.15) is 0 Å². The quantitative estimate of drug-likeness (QED) is 0.248. The molecule has 0 bridgehead atoms. The molecule has 2 nitrogen and oxygen atoms in total. The van der Waals surface area contributed by atoms with Crippen LogP contribution in [0, 0.1) is 0 Å². The lowest BCUT2D eigenvalue weighted by Gasteiger charge is -2.18. The highest BCUT2D eigenvalue weighted by atomic mass is 35.5. The van der Waals surface area contributed by atoms with Gasteiger partial charge >= 0.3 is 0 Å². The van der Waals surface area contributed by atoms with Crippen molar-refractivity contribution in [3.63, 3.8) is 0 Å². The summed E-state index contributed by atoms with van der Waals surface area (Å²) in [6, 6.07) is 33.4. The lowest BCUT2D eigenvalue weighted by atomic mass is 9.92. The number of halogens is 2. The van der Waals surface area contributed by atoms with Crippen molar-refractivity contribution in [2.45, 2.75) is 13.1 Å². The van der Waals surface area contributed by atoms with E-state index >= 15 is 0 Å². The maximum absolute atomic E-state index is 3.72. The van der Waals surface area contributed by atoms with E-state index in [4.69, 9.17) is 0 Å². The zero-order valence-corrected chi connectivity index (χ0v) is 21.0. The first-order valence-corrected chi connectivity index (χ1v) is 11.2. The smallest absolute Gasteiger partial charge is 0.0440 e. The van der Waals surface area contributed by atoms with Crippen molar-refractivity contribution >= 4 is 73.6 Å². The molecule has 172 valence electrons. The van der Waals surface area contributed by atoms with Crippen LogP contribution in [0.3, 0.4) is 0 Å². The van der Waals surface area contributed by atoms with E-state index in [9.17, 15) is 0 Å². The molecule has 6 aromatic rings. The van der Waals surface area contributed by atoms with Gasteiger partial charge in [0.05, 0.1) is 0 Å². The third kappa shape index (κ3) is 3.92. The number of anilines is 1. The Kier molecular flexibility index (Phi) is 6.86. The number of nitrogens with zero attached hydrogens (tertiary/aromatic N) is 1. The van der Waals surface area contributed by atoms with E-state index in [2.05, 4.69) is 115 Å². The van der Waals surface area contributed by atoms with E-state index in [-0.39, 0.29) is 24.8 Å². The minimum absolute atomic E-state index is 0. The third-order valence-electron chi connectivity index (χ3n) is 6.72. The average molecular weight is 487 g/mol. The van der Waals surface area contributed by atoms with Gasteiger partial charge in [-0.15, -0.1) is 24.8 Å². The molecule has 1 N–H and O–H groups in total. The highest BCUT2D eigenvalue weighted by molar-refractivity contribution is 6.23. The zero-order valence-electron chi connectivity index (χ0n) is 19.3. The van der Waals surface area contributed by atoms with Crippen LogP contribution in [0.1, 0.15) is 11.1 Å². The van der Waals surface area contributed by atoms with Crippen LogP contribution in [-0.4, -0.2) is 14.1 Å². The largest absolute Gasteiger partial charge is 0.377 e. The summed E-state index contributed by atoms with van der Waals surface area (Å²) in [6.45, 7) is 1.69. The van der Waals surface area contributed by atoms with Gasteiger partial charge in [0.25, 0.3) is 0 Å². The molecule has 0 fully saturated rings. The lowest BCUT2D eigenvalue weighted by Crippen LogP contribution is -2.14. The van der Waals surface area contributed by atoms with E-state index in [1.807, 2.05) is 0 Å². The third-order valence-corrected chi connectivity index (χ3v) is 6.72. The summed E-state index contributed by atoms with van der Waals surface area (Å²) >= 11 is 0. The number of hydrogen-bond donors (Lipinski definition) is 1. The van der Waals surface area contributed by atoms with Crippen LogP contribution in [0.25, 0.3) is 43.1 Å². The molecule has 0 atom stereocenters. The molecule has 0 unspecified atom stereocenters. The highest BCUT2D eigenvalue weighted by Crippen LogP contribution is 2.36. The second-order valence-corrected chi connectivity index (χ2v) is 8.87. The van der Waals surface area contributed by atoms with Crippen LogP contribution in [-0.2, 0) is 13.1 Å². The normalized spacial score (nSPS) is 11.1. The lowest BCUT2D eigenvalue weighted by molar-refractivity contribution is 0.700. The van der Waals surface area contributed by atoms with Gasteiger partial charge in [0.15, 0.2) is 0 Å². The molecule has 0 saturated carbocycles. The Morgan fingerprint density at radius 2 is 1.09 bits per heavy atom. The molecule has 0 spiro atoms. The van der Waals surface area contributed by atoms with Crippen molar-refractivity contribution in [3.05, 3.63) is 102 Å².